The first-order valence-electron chi connectivity index (χ1n) is 12.0. The SMILES string of the molecule is CCC(c1nc2cnccc2c(=O)n1Cc1ccccc1)N(CCN(C)C)C(=O)c1ccc(Br)cc1. The van der Waals surface area contributed by atoms with E-state index in [1.54, 1.807) is 23.0 Å². The minimum absolute atomic E-state index is 0.0945. The minimum Gasteiger partial charge on any atom is -0.327 e. The van der Waals surface area contributed by atoms with Crippen LogP contribution in [0.15, 0.2) is 82.3 Å². The van der Waals surface area contributed by atoms with Crippen molar-refractivity contribution in [3.8, 4) is 0 Å². The van der Waals surface area contributed by atoms with Crippen molar-refractivity contribution in [2.24, 2.45) is 0 Å². The Bertz CT molecular complexity index is 1390. The third-order valence-corrected chi connectivity index (χ3v) is 6.70. The summed E-state index contributed by atoms with van der Waals surface area (Å²) in [4.78, 5) is 40.5. The number of amides is 1. The molecule has 0 spiro atoms. The van der Waals surface area contributed by atoms with Crippen molar-refractivity contribution in [3.05, 3.63) is 105 Å². The van der Waals surface area contributed by atoms with Crippen molar-refractivity contribution in [3.63, 3.8) is 0 Å². The van der Waals surface area contributed by atoms with Gasteiger partial charge in [0, 0.05) is 29.3 Å². The molecule has 186 valence electrons. The molecule has 0 N–H and O–H groups in total. The predicted octanol–water partition coefficient (Wildman–Crippen LogP) is 4.76. The van der Waals surface area contributed by atoms with Crippen LogP contribution < -0.4 is 5.56 Å². The molecule has 0 bridgehead atoms. The third kappa shape index (κ3) is 5.71. The number of rotatable bonds is 9. The van der Waals surface area contributed by atoms with Gasteiger partial charge < -0.3 is 9.80 Å². The van der Waals surface area contributed by atoms with Crippen molar-refractivity contribution >= 4 is 32.7 Å². The van der Waals surface area contributed by atoms with E-state index in [2.05, 4.69) is 20.9 Å². The van der Waals surface area contributed by atoms with E-state index in [9.17, 15) is 9.59 Å². The van der Waals surface area contributed by atoms with Gasteiger partial charge in [-0.25, -0.2) is 4.98 Å². The zero-order chi connectivity index (χ0) is 25.7. The molecule has 2 heterocycles. The van der Waals surface area contributed by atoms with Crippen LogP contribution in [0.25, 0.3) is 10.9 Å². The number of aromatic nitrogens is 3. The lowest BCUT2D eigenvalue weighted by Crippen LogP contribution is -2.42. The van der Waals surface area contributed by atoms with E-state index in [0.717, 1.165) is 10.0 Å². The lowest BCUT2D eigenvalue weighted by Gasteiger charge is -2.33. The summed E-state index contributed by atoms with van der Waals surface area (Å²) in [5.41, 5.74) is 1.98. The molecule has 1 unspecified atom stereocenters. The van der Waals surface area contributed by atoms with Crippen molar-refractivity contribution < 1.29 is 4.79 Å². The Morgan fingerprint density at radius 2 is 1.75 bits per heavy atom. The number of carbonyl (C=O) groups excluding carboxylic acids is 1. The van der Waals surface area contributed by atoms with Gasteiger partial charge in [0.25, 0.3) is 11.5 Å². The maximum absolute atomic E-state index is 13.8. The Balaban J connectivity index is 1.87. The molecule has 1 amide bonds. The zero-order valence-electron chi connectivity index (χ0n) is 20.8. The summed E-state index contributed by atoms with van der Waals surface area (Å²) in [5.74, 6) is 0.471. The molecule has 2 aromatic carbocycles. The first-order valence-corrected chi connectivity index (χ1v) is 12.8. The average Bonchev–Trinajstić information content (AvgIpc) is 2.89. The lowest BCUT2D eigenvalue weighted by molar-refractivity contribution is 0.0642. The van der Waals surface area contributed by atoms with Crippen molar-refractivity contribution in [1.29, 1.82) is 0 Å². The molecule has 0 saturated heterocycles. The molecular formula is C28H30BrN5O2. The Labute approximate surface area is 219 Å². The van der Waals surface area contributed by atoms with Gasteiger partial charge in [-0.05, 0) is 56.4 Å². The van der Waals surface area contributed by atoms with E-state index in [1.807, 2.05) is 85.4 Å². The van der Waals surface area contributed by atoms with Gasteiger partial charge in [0.2, 0.25) is 0 Å². The van der Waals surface area contributed by atoms with Crippen LogP contribution in [0.1, 0.15) is 41.1 Å². The molecular weight excluding hydrogens is 518 g/mol. The van der Waals surface area contributed by atoms with Crippen LogP contribution in [0, 0.1) is 0 Å². The predicted molar refractivity (Wildman–Crippen MR) is 146 cm³/mol. The first-order chi connectivity index (χ1) is 17.4. The van der Waals surface area contributed by atoms with Crippen molar-refractivity contribution in [2.75, 3.05) is 27.2 Å². The maximum atomic E-state index is 13.8. The quantitative estimate of drug-likeness (QED) is 0.302. The van der Waals surface area contributed by atoms with Crippen LogP contribution in [-0.4, -0.2) is 57.4 Å². The van der Waals surface area contributed by atoms with E-state index < -0.39 is 6.04 Å². The summed E-state index contributed by atoms with van der Waals surface area (Å²) >= 11 is 3.45. The molecule has 0 aliphatic heterocycles. The average molecular weight is 548 g/mol. The van der Waals surface area contributed by atoms with Crippen molar-refractivity contribution in [2.45, 2.75) is 25.9 Å². The van der Waals surface area contributed by atoms with Gasteiger partial charge in [0.15, 0.2) is 0 Å². The van der Waals surface area contributed by atoms with Crippen LogP contribution >= 0.6 is 15.9 Å². The van der Waals surface area contributed by atoms with Crippen molar-refractivity contribution in [1.82, 2.24) is 24.3 Å². The lowest BCUT2D eigenvalue weighted by atomic mass is 10.1. The molecule has 0 aliphatic carbocycles. The second kappa shape index (κ2) is 11.6. The van der Waals surface area contributed by atoms with Crippen LogP contribution in [0.4, 0.5) is 0 Å². The first kappa shape index (κ1) is 25.7. The summed E-state index contributed by atoms with van der Waals surface area (Å²) in [5, 5.41) is 0.513. The molecule has 1 atom stereocenters. The summed E-state index contributed by atoms with van der Waals surface area (Å²) in [6.45, 7) is 3.56. The Kier molecular flexibility index (Phi) is 8.28. The van der Waals surface area contributed by atoms with E-state index in [-0.39, 0.29) is 11.5 Å². The number of hydrogen-bond acceptors (Lipinski definition) is 5. The summed E-state index contributed by atoms with van der Waals surface area (Å²) in [7, 11) is 3.96. The highest BCUT2D eigenvalue weighted by Gasteiger charge is 2.29. The van der Waals surface area contributed by atoms with E-state index in [1.165, 1.54) is 0 Å². The second-order valence-electron chi connectivity index (χ2n) is 8.97. The van der Waals surface area contributed by atoms with Gasteiger partial charge in [0.05, 0.1) is 29.7 Å². The fourth-order valence-corrected chi connectivity index (χ4v) is 4.53. The van der Waals surface area contributed by atoms with Crippen LogP contribution in [0.3, 0.4) is 0 Å². The fraction of sp³-hybridized carbons (Fsp3) is 0.286. The highest BCUT2D eigenvalue weighted by molar-refractivity contribution is 9.10. The Morgan fingerprint density at radius 3 is 2.42 bits per heavy atom. The summed E-state index contributed by atoms with van der Waals surface area (Å²) in [6.07, 6.45) is 3.82. The minimum atomic E-state index is -0.401. The van der Waals surface area contributed by atoms with Crippen LogP contribution in [0.5, 0.6) is 0 Å². The van der Waals surface area contributed by atoms with E-state index >= 15 is 0 Å². The second-order valence-corrected chi connectivity index (χ2v) is 9.89. The highest BCUT2D eigenvalue weighted by Crippen LogP contribution is 2.26. The Hall–Kier alpha value is -3.36. The molecule has 0 fully saturated rings. The summed E-state index contributed by atoms with van der Waals surface area (Å²) in [6, 6.07) is 18.5. The van der Waals surface area contributed by atoms with E-state index in [4.69, 9.17) is 4.98 Å². The van der Waals surface area contributed by atoms with Gasteiger partial charge in [-0.1, -0.05) is 53.2 Å². The topological polar surface area (TPSA) is 71.3 Å². The molecule has 0 radical (unpaired) electrons. The van der Waals surface area contributed by atoms with Gasteiger partial charge in [0.1, 0.15) is 5.82 Å². The number of pyridine rings is 1. The highest BCUT2D eigenvalue weighted by atomic mass is 79.9. The molecule has 0 saturated carbocycles. The van der Waals surface area contributed by atoms with Gasteiger partial charge >= 0.3 is 0 Å². The number of carbonyl (C=O) groups is 1. The summed E-state index contributed by atoms with van der Waals surface area (Å²) < 4.78 is 2.62. The molecule has 36 heavy (non-hydrogen) atoms. The number of fused-ring (bicyclic) bond motifs is 1. The van der Waals surface area contributed by atoms with Gasteiger partial charge in [-0.15, -0.1) is 0 Å². The maximum Gasteiger partial charge on any atom is 0.261 e. The van der Waals surface area contributed by atoms with Gasteiger partial charge in [-0.2, -0.15) is 0 Å². The number of nitrogens with zero attached hydrogens (tertiary/aromatic N) is 5. The molecule has 4 aromatic rings. The normalized spacial score (nSPS) is 12.1. The van der Waals surface area contributed by atoms with Crippen LogP contribution in [0.2, 0.25) is 0 Å². The smallest absolute Gasteiger partial charge is 0.261 e. The molecule has 2 aromatic heterocycles. The molecule has 0 aliphatic rings. The zero-order valence-corrected chi connectivity index (χ0v) is 22.4. The number of likely N-dealkylation sites (N-methyl/N-ethyl adjacent to an activating group) is 1. The third-order valence-electron chi connectivity index (χ3n) is 6.17. The van der Waals surface area contributed by atoms with E-state index in [0.29, 0.717) is 48.3 Å². The number of benzene rings is 2. The standard InChI is InChI=1S/C28H30BrN5O2/c1-4-25(33(17-16-32(2)3)27(35)21-10-12-22(29)13-11-21)26-31-24-18-30-15-14-23(24)28(36)34(26)19-20-8-6-5-7-9-20/h5-15,18,25H,4,16-17,19H2,1-3H3. The number of halogens is 1. The molecule has 4 rings (SSSR count). The molecule has 8 heteroatoms. The molecule has 7 nitrogen and oxygen atoms in total. The van der Waals surface area contributed by atoms with Crippen LogP contribution in [-0.2, 0) is 6.54 Å². The van der Waals surface area contributed by atoms with Gasteiger partial charge in [-0.3, -0.25) is 19.1 Å². The Morgan fingerprint density at radius 1 is 1.03 bits per heavy atom. The fourth-order valence-electron chi connectivity index (χ4n) is 4.27. The largest absolute Gasteiger partial charge is 0.327 e. The number of hydrogen-bond donors (Lipinski definition) is 0. The monoisotopic (exact) mass is 547 g/mol.